The zero-order chi connectivity index (χ0) is 20.8. The fourth-order valence-electron chi connectivity index (χ4n) is 4.02. The van der Waals surface area contributed by atoms with Crippen LogP contribution in [-0.2, 0) is 0 Å². The van der Waals surface area contributed by atoms with E-state index in [2.05, 4.69) is 0 Å². The van der Waals surface area contributed by atoms with Gasteiger partial charge in [-0.3, -0.25) is 14.5 Å². The minimum atomic E-state index is -0.605. The quantitative estimate of drug-likeness (QED) is 0.495. The van der Waals surface area contributed by atoms with Crippen LogP contribution in [0, 0.1) is 6.92 Å². The van der Waals surface area contributed by atoms with Gasteiger partial charge >= 0.3 is 0 Å². The van der Waals surface area contributed by atoms with Crippen LogP contribution in [0.15, 0.2) is 82.0 Å². The zero-order valence-corrected chi connectivity index (χ0v) is 16.6. The van der Waals surface area contributed by atoms with E-state index in [0.29, 0.717) is 28.0 Å². The van der Waals surface area contributed by atoms with Crippen molar-refractivity contribution in [3.05, 3.63) is 105 Å². The lowest BCUT2D eigenvalue weighted by Gasteiger charge is -2.25. The summed E-state index contributed by atoms with van der Waals surface area (Å²) >= 11 is 0. The number of ether oxygens (including phenoxy) is 1. The number of methoxy groups -OCH3 is 1. The maximum Gasteiger partial charge on any atom is 0.295 e. The average Bonchev–Trinajstić information content (AvgIpc) is 3.07. The molecule has 1 atom stereocenters. The molecule has 0 spiro atoms. The highest BCUT2D eigenvalue weighted by atomic mass is 16.5. The molecule has 1 aliphatic heterocycles. The zero-order valence-electron chi connectivity index (χ0n) is 16.6. The molecule has 4 aromatic rings. The Hall–Kier alpha value is -3.86. The van der Waals surface area contributed by atoms with E-state index in [1.54, 1.807) is 36.3 Å². The van der Waals surface area contributed by atoms with Crippen LogP contribution in [-0.4, -0.2) is 13.0 Å². The Bertz CT molecular complexity index is 1340. The van der Waals surface area contributed by atoms with Crippen LogP contribution >= 0.6 is 0 Å². The topological polar surface area (TPSA) is 59.8 Å². The molecule has 1 aliphatic rings. The lowest BCUT2D eigenvalue weighted by atomic mass is 9.98. The normalized spacial score (nSPS) is 15.5. The summed E-state index contributed by atoms with van der Waals surface area (Å²) in [5, 5.41) is 0.461. The number of benzene rings is 3. The van der Waals surface area contributed by atoms with Gasteiger partial charge in [-0.2, -0.15) is 0 Å². The minimum Gasteiger partial charge on any atom is -0.497 e. The van der Waals surface area contributed by atoms with Gasteiger partial charge in [0.15, 0.2) is 5.43 Å². The molecule has 0 saturated heterocycles. The molecule has 1 amide bonds. The van der Waals surface area contributed by atoms with Crippen molar-refractivity contribution >= 4 is 22.6 Å². The standard InChI is InChI=1S/C25H19NO4/c1-15-10-12-17(13-11-15)26-22(16-6-5-7-18(14-16)29-2)21-23(27)19-8-3-4-9-20(19)30-24(21)25(26)28/h3-14,22H,1-2H3. The van der Waals surface area contributed by atoms with Gasteiger partial charge in [0.2, 0.25) is 5.76 Å². The highest BCUT2D eigenvalue weighted by Crippen LogP contribution is 2.41. The number of carbonyl (C=O) groups excluding carboxylic acids is 1. The number of rotatable bonds is 3. The summed E-state index contributed by atoms with van der Waals surface area (Å²) in [6, 6.07) is 21.5. The molecule has 0 bridgehead atoms. The Kier molecular flexibility index (Phi) is 4.17. The molecule has 1 unspecified atom stereocenters. The number of fused-ring (bicyclic) bond motifs is 2. The van der Waals surface area contributed by atoms with Crippen LogP contribution < -0.4 is 15.1 Å². The van der Waals surface area contributed by atoms with E-state index >= 15 is 0 Å². The Morgan fingerprint density at radius 2 is 1.70 bits per heavy atom. The van der Waals surface area contributed by atoms with E-state index < -0.39 is 6.04 Å². The molecule has 0 radical (unpaired) electrons. The number of hydrogen-bond acceptors (Lipinski definition) is 4. The van der Waals surface area contributed by atoms with Gasteiger partial charge in [-0.25, -0.2) is 0 Å². The minimum absolute atomic E-state index is 0.0899. The van der Waals surface area contributed by atoms with E-state index in [0.717, 1.165) is 11.1 Å². The summed E-state index contributed by atoms with van der Waals surface area (Å²) in [7, 11) is 1.59. The predicted octanol–water partition coefficient (Wildman–Crippen LogP) is 4.86. The summed E-state index contributed by atoms with van der Waals surface area (Å²) in [4.78, 5) is 28.6. The highest BCUT2D eigenvalue weighted by Gasteiger charge is 2.43. The molecule has 1 aromatic heterocycles. The second kappa shape index (κ2) is 6.88. The van der Waals surface area contributed by atoms with Gasteiger partial charge in [-0.1, -0.05) is 42.0 Å². The van der Waals surface area contributed by atoms with E-state index in [1.807, 2.05) is 55.5 Å². The van der Waals surface area contributed by atoms with Gasteiger partial charge in [0.05, 0.1) is 24.1 Å². The second-order valence-corrected chi connectivity index (χ2v) is 7.36. The van der Waals surface area contributed by atoms with Crippen LogP contribution in [0.2, 0.25) is 0 Å². The molecule has 0 fully saturated rings. The van der Waals surface area contributed by atoms with Crippen molar-refractivity contribution in [2.45, 2.75) is 13.0 Å². The number of aryl methyl sites for hydroxylation is 1. The third-order valence-corrected chi connectivity index (χ3v) is 5.50. The van der Waals surface area contributed by atoms with E-state index in [-0.39, 0.29) is 17.1 Å². The van der Waals surface area contributed by atoms with E-state index in [4.69, 9.17) is 9.15 Å². The van der Waals surface area contributed by atoms with Crippen molar-refractivity contribution in [1.82, 2.24) is 0 Å². The van der Waals surface area contributed by atoms with Crippen LogP contribution in [0.4, 0.5) is 5.69 Å². The van der Waals surface area contributed by atoms with Gasteiger partial charge < -0.3 is 9.15 Å². The van der Waals surface area contributed by atoms with Crippen LogP contribution in [0.3, 0.4) is 0 Å². The molecular formula is C25H19NO4. The van der Waals surface area contributed by atoms with Crippen LogP contribution in [0.25, 0.3) is 11.0 Å². The fraction of sp³-hybridized carbons (Fsp3) is 0.120. The molecule has 2 heterocycles. The Morgan fingerprint density at radius 3 is 2.47 bits per heavy atom. The van der Waals surface area contributed by atoms with Crippen LogP contribution in [0.5, 0.6) is 5.75 Å². The van der Waals surface area contributed by atoms with E-state index in [9.17, 15) is 9.59 Å². The Morgan fingerprint density at radius 1 is 0.933 bits per heavy atom. The lowest BCUT2D eigenvalue weighted by molar-refractivity contribution is 0.0971. The molecule has 3 aromatic carbocycles. The first-order chi connectivity index (χ1) is 14.6. The second-order valence-electron chi connectivity index (χ2n) is 7.36. The first kappa shape index (κ1) is 18.2. The highest BCUT2D eigenvalue weighted by molar-refractivity contribution is 6.10. The van der Waals surface area contributed by atoms with Crippen molar-refractivity contribution in [3.63, 3.8) is 0 Å². The molecule has 5 nitrogen and oxygen atoms in total. The number of carbonyl (C=O) groups is 1. The summed E-state index contributed by atoms with van der Waals surface area (Å²) in [6.45, 7) is 1.99. The fourth-order valence-corrected chi connectivity index (χ4v) is 4.02. The number of para-hydroxylation sites is 1. The average molecular weight is 397 g/mol. The molecule has 0 aliphatic carbocycles. The van der Waals surface area contributed by atoms with Gasteiger partial charge in [-0.15, -0.1) is 0 Å². The van der Waals surface area contributed by atoms with E-state index in [1.165, 1.54) is 0 Å². The molecule has 0 saturated carbocycles. The molecule has 5 rings (SSSR count). The molecular weight excluding hydrogens is 378 g/mol. The number of anilines is 1. The Labute approximate surface area is 173 Å². The van der Waals surface area contributed by atoms with Crippen LogP contribution in [0.1, 0.15) is 33.3 Å². The van der Waals surface area contributed by atoms with Crippen molar-refractivity contribution in [2.75, 3.05) is 12.0 Å². The summed E-state index contributed by atoms with van der Waals surface area (Å²) in [6.07, 6.45) is 0. The molecule has 5 heteroatoms. The van der Waals surface area contributed by atoms with Crippen molar-refractivity contribution in [2.24, 2.45) is 0 Å². The maximum atomic E-state index is 13.5. The third-order valence-electron chi connectivity index (χ3n) is 5.50. The number of amides is 1. The van der Waals surface area contributed by atoms with Gasteiger partial charge in [0, 0.05) is 5.69 Å². The lowest BCUT2D eigenvalue weighted by Crippen LogP contribution is -2.29. The predicted molar refractivity (Wildman–Crippen MR) is 115 cm³/mol. The van der Waals surface area contributed by atoms with Gasteiger partial charge in [0.25, 0.3) is 5.91 Å². The number of nitrogens with zero attached hydrogens (tertiary/aromatic N) is 1. The summed E-state index contributed by atoms with van der Waals surface area (Å²) < 4.78 is 11.3. The van der Waals surface area contributed by atoms with Crippen molar-refractivity contribution in [1.29, 1.82) is 0 Å². The van der Waals surface area contributed by atoms with Gasteiger partial charge in [-0.05, 0) is 48.9 Å². The summed E-state index contributed by atoms with van der Waals surface area (Å²) in [5.74, 6) is 0.416. The largest absolute Gasteiger partial charge is 0.497 e. The van der Waals surface area contributed by atoms with Crippen molar-refractivity contribution < 1.29 is 13.9 Å². The SMILES string of the molecule is COc1cccc(C2c3c(oc4ccccc4c3=O)C(=O)N2c2ccc(C)cc2)c1. The smallest absolute Gasteiger partial charge is 0.295 e. The molecule has 30 heavy (non-hydrogen) atoms. The molecule has 148 valence electrons. The molecule has 0 N–H and O–H groups in total. The summed E-state index contributed by atoms with van der Waals surface area (Å²) in [5.41, 5.74) is 3.14. The third kappa shape index (κ3) is 2.70. The first-order valence-corrected chi connectivity index (χ1v) is 9.68. The van der Waals surface area contributed by atoms with Gasteiger partial charge in [0.1, 0.15) is 11.3 Å². The maximum absolute atomic E-state index is 13.5. The Balaban J connectivity index is 1.81. The van der Waals surface area contributed by atoms with Crippen molar-refractivity contribution in [3.8, 4) is 5.75 Å². The first-order valence-electron chi connectivity index (χ1n) is 9.68. The monoisotopic (exact) mass is 397 g/mol. The number of hydrogen-bond donors (Lipinski definition) is 0.